The molecular formula is C24H16BrClN2O6S. The highest BCUT2D eigenvalue weighted by molar-refractivity contribution is 9.10. The Labute approximate surface area is 214 Å². The zero-order chi connectivity index (χ0) is 25.3. The lowest BCUT2D eigenvalue weighted by atomic mass is 10.1. The predicted molar refractivity (Wildman–Crippen MR) is 134 cm³/mol. The number of benzene rings is 3. The van der Waals surface area contributed by atoms with Crippen LogP contribution >= 0.6 is 27.5 Å². The number of hydrogen-bond donors (Lipinski definition) is 1. The summed E-state index contributed by atoms with van der Waals surface area (Å²) in [6, 6.07) is 15.6. The van der Waals surface area contributed by atoms with E-state index in [1.54, 1.807) is 30.3 Å². The number of amides is 4. The molecule has 35 heavy (non-hydrogen) atoms. The van der Waals surface area contributed by atoms with Crippen LogP contribution in [0, 0.1) is 6.92 Å². The predicted octanol–water partition coefficient (Wildman–Crippen LogP) is 4.85. The van der Waals surface area contributed by atoms with Crippen LogP contribution < -0.4 is 14.4 Å². The maximum atomic E-state index is 13.2. The molecular weight excluding hydrogens is 560 g/mol. The van der Waals surface area contributed by atoms with Gasteiger partial charge in [-0.1, -0.05) is 51.3 Å². The minimum absolute atomic E-state index is 0.0613. The second kappa shape index (κ2) is 9.65. The van der Waals surface area contributed by atoms with Gasteiger partial charge in [0.05, 0.1) is 5.69 Å². The van der Waals surface area contributed by atoms with Gasteiger partial charge >= 0.3 is 16.1 Å². The summed E-state index contributed by atoms with van der Waals surface area (Å²) in [5, 5.41) is 2.39. The Balaban J connectivity index is 1.75. The largest absolute Gasteiger partial charge is 0.378 e. The van der Waals surface area contributed by atoms with Crippen molar-refractivity contribution < 1.29 is 27.0 Å². The average molecular weight is 576 g/mol. The summed E-state index contributed by atoms with van der Waals surface area (Å²) in [7, 11) is -4.21. The van der Waals surface area contributed by atoms with Gasteiger partial charge in [-0.05, 0) is 61.5 Å². The third-order valence-corrected chi connectivity index (χ3v) is 6.93. The number of aryl methyl sites for hydroxylation is 1. The fraction of sp³-hybridized carbons (Fsp3) is 0.0417. The van der Waals surface area contributed by atoms with Crippen molar-refractivity contribution in [2.75, 3.05) is 4.90 Å². The standard InChI is InChI=1S/C24H16BrClN2O6S/c1-14-5-8-19(9-6-14)35(32,33)34-21-10-7-16(25)11-15(21)12-20-22(29)27-24(31)28(23(20)30)18-4-2-3-17(26)13-18/h2-13H,1H3,(H,27,29,31)/b20-12+. The van der Waals surface area contributed by atoms with Crippen molar-refractivity contribution >= 4 is 67.3 Å². The van der Waals surface area contributed by atoms with Crippen LogP contribution in [0.5, 0.6) is 5.75 Å². The van der Waals surface area contributed by atoms with E-state index in [9.17, 15) is 22.8 Å². The fourth-order valence-electron chi connectivity index (χ4n) is 3.24. The molecule has 1 saturated heterocycles. The third-order valence-electron chi connectivity index (χ3n) is 4.95. The Hall–Kier alpha value is -3.47. The SMILES string of the molecule is Cc1ccc(S(=O)(=O)Oc2ccc(Br)cc2/C=C2\C(=O)NC(=O)N(c3cccc(Cl)c3)C2=O)cc1. The first-order chi connectivity index (χ1) is 16.5. The van der Waals surface area contributed by atoms with E-state index in [-0.39, 0.29) is 26.9 Å². The maximum absolute atomic E-state index is 13.2. The number of urea groups is 1. The van der Waals surface area contributed by atoms with E-state index in [4.69, 9.17) is 15.8 Å². The van der Waals surface area contributed by atoms with E-state index in [1.165, 1.54) is 36.4 Å². The lowest BCUT2D eigenvalue weighted by Gasteiger charge is -2.26. The summed E-state index contributed by atoms with van der Waals surface area (Å²) >= 11 is 9.27. The molecule has 1 aliphatic heterocycles. The molecule has 0 bridgehead atoms. The number of halogens is 2. The number of imide groups is 2. The lowest BCUT2D eigenvalue weighted by molar-refractivity contribution is -0.122. The third kappa shape index (κ3) is 5.29. The van der Waals surface area contributed by atoms with Crippen LogP contribution in [0.15, 0.2) is 81.7 Å². The number of nitrogens with one attached hydrogen (secondary N) is 1. The van der Waals surface area contributed by atoms with Gasteiger partial charge in [0.15, 0.2) is 0 Å². The lowest BCUT2D eigenvalue weighted by Crippen LogP contribution is -2.54. The average Bonchev–Trinajstić information content (AvgIpc) is 2.78. The van der Waals surface area contributed by atoms with E-state index < -0.39 is 33.5 Å². The van der Waals surface area contributed by atoms with E-state index in [0.29, 0.717) is 4.47 Å². The number of hydrogen-bond acceptors (Lipinski definition) is 6. The molecule has 0 aromatic heterocycles. The van der Waals surface area contributed by atoms with E-state index >= 15 is 0 Å². The van der Waals surface area contributed by atoms with Gasteiger partial charge in [0.2, 0.25) is 0 Å². The number of rotatable bonds is 5. The number of nitrogens with zero attached hydrogens (tertiary/aromatic N) is 1. The van der Waals surface area contributed by atoms with Crippen LogP contribution in [0.3, 0.4) is 0 Å². The van der Waals surface area contributed by atoms with E-state index in [2.05, 4.69) is 21.2 Å². The topological polar surface area (TPSA) is 110 Å². The molecule has 1 heterocycles. The molecule has 0 unspecified atom stereocenters. The first kappa shape index (κ1) is 24.6. The van der Waals surface area contributed by atoms with Gasteiger partial charge in [0, 0.05) is 15.1 Å². The minimum atomic E-state index is -4.21. The quantitative estimate of drug-likeness (QED) is 0.265. The highest BCUT2D eigenvalue weighted by atomic mass is 79.9. The Morgan fingerprint density at radius 1 is 1.00 bits per heavy atom. The van der Waals surface area contributed by atoms with Crippen molar-refractivity contribution in [2.45, 2.75) is 11.8 Å². The smallest absolute Gasteiger partial charge is 0.339 e. The molecule has 8 nitrogen and oxygen atoms in total. The molecule has 0 atom stereocenters. The number of anilines is 1. The van der Waals surface area contributed by atoms with Crippen molar-refractivity contribution in [1.29, 1.82) is 0 Å². The van der Waals surface area contributed by atoms with Crippen LogP contribution in [-0.2, 0) is 19.7 Å². The van der Waals surface area contributed by atoms with Crippen LogP contribution in [0.2, 0.25) is 5.02 Å². The molecule has 3 aromatic rings. The molecule has 4 amide bonds. The van der Waals surface area contributed by atoms with E-state index in [1.807, 2.05) is 6.92 Å². The van der Waals surface area contributed by atoms with Gasteiger partial charge in [0.1, 0.15) is 16.2 Å². The number of carbonyl (C=O) groups is 3. The summed E-state index contributed by atoms with van der Waals surface area (Å²) < 4.78 is 31.5. The van der Waals surface area contributed by atoms with Gasteiger partial charge in [-0.15, -0.1) is 0 Å². The first-order valence-electron chi connectivity index (χ1n) is 10.0. The van der Waals surface area contributed by atoms with Crippen LogP contribution in [-0.4, -0.2) is 26.3 Å². The molecule has 0 spiro atoms. The second-order valence-corrected chi connectivity index (χ2v) is 10.4. The normalized spacial score (nSPS) is 15.3. The summed E-state index contributed by atoms with van der Waals surface area (Å²) in [4.78, 5) is 38.8. The molecule has 1 fully saturated rings. The van der Waals surface area contributed by atoms with Crippen LogP contribution in [0.4, 0.5) is 10.5 Å². The Morgan fingerprint density at radius 3 is 2.40 bits per heavy atom. The van der Waals surface area contributed by atoms with Gasteiger partial charge in [-0.2, -0.15) is 8.42 Å². The summed E-state index contributed by atoms with van der Waals surface area (Å²) in [6.07, 6.45) is 1.16. The number of barbiturate groups is 1. The molecule has 11 heteroatoms. The molecule has 1 aliphatic rings. The first-order valence-corrected chi connectivity index (χ1v) is 12.6. The van der Waals surface area contributed by atoms with Gasteiger partial charge in [0.25, 0.3) is 11.8 Å². The highest BCUT2D eigenvalue weighted by Gasteiger charge is 2.37. The zero-order valence-corrected chi connectivity index (χ0v) is 21.1. The zero-order valence-electron chi connectivity index (χ0n) is 18.0. The molecule has 4 rings (SSSR count). The van der Waals surface area contributed by atoms with E-state index in [0.717, 1.165) is 16.5 Å². The molecule has 0 aliphatic carbocycles. The molecule has 0 radical (unpaired) electrons. The Kier molecular flexibility index (Phi) is 6.79. The number of carbonyl (C=O) groups excluding carboxylic acids is 3. The van der Waals surface area contributed by atoms with Crippen molar-refractivity contribution in [3.05, 3.63) is 92.9 Å². The van der Waals surface area contributed by atoms with Crippen molar-refractivity contribution in [1.82, 2.24) is 5.32 Å². The van der Waals surface area contributed by atoms with Crippen molar-refractivity contribution in [3.63, 3.8) is 0 Å². The van der Waals surface area contributed by atoms with Crippen LogP contribution in [0.25, 0.3) is 6.08 Å². The maximum Gasteiger partial charge on any atom is 0.339 e. The molecule has 0 saturated carbocycles. The van der Waals surface area contributed by atoms with Gasteiger partial charge < -0.3 is 4.18 Å². The Morgan fingerprint density at radius 2 is 1.71 bits per heavy atom. The van der Waals surface area contributed by atoms with Crippen molar-refractivity contribution in [2.24, 2.45) is 0 Å². The van der Waals surface area contributed by atoms with Crippen molar-refractivity contribution in [3.8, 4) is 5.75 Å². The molecule has 178 valence electrons. The summed E-state index contributed by atoms with van der Waals surface area (Å²) in [6.45, 7) is 1.82. The van der Waals surface area contributed by atoms with Crippen LogP contribution in [0.1, 0.15) is 11.1 Å². The highest BCUT2D eigenvalue weighted by Crippen LogP contribution is 2.30. The summed E-state index contributed by atoms with van der Waals surface area (Å²) in [5.41, 5.74) is 0.749. The molecule has 3 aromatic carbocycles. The minimum Gasteiger partial charge on any atom is -0.378 e. The fourth-order valence-corrected chi connectivity index (χ4v) is 4.76. The monoisotopic (exact) mass is 574 g/mol. The van der Waals surface area contributed by atoms with Gasteiger partial charge in [-0.25, -0.2) is 9.69 Å². The molecule has 1 N–H and O–H groups in total. The Bertz CT molecular complexity index is 1500. The summed E-state index contributed by atoms with van der Waals surface area (Å²) in [5.74, 6) is -1.97. The van der Waals surface area contributed by atoms with Gasteiger partial charge in [-0.3, -0.25) is 14.9 Å². The second-order valence-electron chi connectivity index (χ2n) is 7.47.